The van der Waals surface area contributed by atoms with Gasteiger partial charge in [0.05, 0.1) is 33.8 Å². The second-order valence-corrected chi connectivity index (χ2v) is 14.6. The second-order valence-electron chi connectivity index (χ2n) is 14.6. The highest BCUT2D eigenvalue weighted by Crippen LogP contribution is 2.39. The minimum Gasteiger partial charge on any atom is -0.247 e. The molecule has 0 fully saturated rings. The van der Waals surface area contributed by atoms with Gasteiger partial charge in [-0.05, 0) is 51.6 Å². The fraction of sp³-hybridized carbons (Fsp3) is 0. The van der Waals surface area contributed by atoms with Crippen molar-refractivity contribution in [3.8, 4) is 67.5 Å². The van der Waals surface area contributed by atoms with Crippen LogP contribution >= 0.6 is 0 Å². The number of rotatable bonds is 6. The van der Waals surface area contributed by atoms with Gasteiger partial charge in [-0.2, -0.15) is 0 Å². The van der Waals surface area contributed by atoms with Crippen molar-refractivity contribution < 1.29 is 0 Å². The van der Waals surface area contributed by atoms with Crippen LogP contribution in [0.1, 0.15) is 0 Å². The highest BCUT2D eigenvalue weighted by Gasteiger charge is 2.16. The average molecular weight is 739 g/mol. The Morgan fingerprint density at radius 3 is 1.57 bits per heavy atom. The number of pyridine rings is 2. The molecular formula is C54H34N4. The van der Waals surface area contributed by atoms with E-state index in [1.54, 1.807) is 0 Å². The lowest BCUT2D eigenvalue weighted by Crippen LogP contribution is -1.95. The Hall–Kier alpha value is -7.82. The topological polar surface area (TPSA) is 51.6 Å². The molecule has 11 rings (SSSR count). The molecule has 0 aliphatic carbocycles. The third-order valence-corrected chi connectivity index (χ3v) is 11.1. The largest absolute Gasteiger partial charge is 0.247 e. The van der Waals surface area contributed by atoms with E-state index in [2.05, 4.69) is 170 Å². The number of para-hydroxylation sites is 1. The summed E-state index contributed by atoms with van der Waals surface area (Å²) >= 11 is 0. The summed E-state index contributed by atoms with van der Waals surface area (Å²) in [6.07, 6.45) is 0. The summed E-state index contributed by atoms with van der Waals surface area (Å²) < 4.78 is 0. The predicted octanol–water partition coefficient (Wildman–Crippen LogP) is 13.9. The molecule has 3 heterocycles. The van der Waals surface area contributed by atoms with Crippen molar-refractivity contribution in [3.63, 3.8) is 0 Å². The van der Waals surface area contributed by atoms with Crippen LogP contribution in [-0.4, -0.2) is 19.9 Å². The molecule has 270 valence electrons. The zero-order valence-electron chi connectivity index (χ0n) is 31.4. The lowest BCUT2D eigenvalue weighted by atomic mass is 9.95. The zero-order valence-corrected chi connectivity index (χ0v) is 31.4. The van der Waals surface area contributed by atoms with Crippen LogP contribution in [0.4, 0.5) is 0 Å². The van der Waals surface area contributed by atoms with Crippen molar-refractivity contribution in [2.24, 2.45) is 0 Å². The van der Waals surface area contributed by atoms with Crippen LogP contribution in [0.2, 0.25) is 0 Å². The van der Waals surface area contributed by atoms with Crippen molar-refractivity contribution in [1.29, 1.82) is 0 Å². The second kappa shape index (κ2) is 14.0. The SMILES string of the molecule is c1ccc(-c2cc(-c3ccc(-c4ccc(-c5nc6ccccc6c6ccc7ccc(-c8ccc9ccccc9c8)nc7c56)cc4)cc3)nc(-c3ccccc3)n2)cc1. The number of aromatic nitrogens is 4. The van der Waals surface area contributed by atoms with E-state index >= 15 is 0 Å². The Kier molecular flexibility index (Phi) is 8.11. The summed E-state index contributed by atoms with van der Waals surface area (Å²) in [5.74, 6) is 0.708. The van der Waals surface area contributed by atoms with Crippen LogP contribution in [0, 0.1) is 0 Å². The molecule has 8 aromatic carbocycles. The molecule has 0 spiro atoms. The Labute approximate surface area is 335 Å². The van der Waals surface area contributed by atoms with Gasteiger partial charge >= 0.3 is 0 Å². The number of hydrogen-bond donors (Lipinski definition) is 0. The highest BCUT2D eigenvalue weighted by atomic mass is 14.9. The Morgan fingerprint density at radius 1 is 0.276 bits per heavy atom. The molecule has 0 aliphatic rings. The van der Waals surface area contributed by atoms with Gasteiger partial charge in [-0.15, -0.1) is 0 Å². The molecule has 0 N–H and O–H groups in total. The van der Waals surface area contributed by atoms with Crippen LogP contribution in [-0.2, 0) is 0 Å². The Morgan fingerprint density at radius 2 is 0.828 bits per heavy atom. The number of hydrogen-bond acceptors (Lipinski definition) is 4. The van der Waals surface area contributed by atoms with Crippen molar-refractivity contribution in [1.82, 2.24) is 19.9 Å². The third-order valence-electron chi connectivity index (χ3n) is 11.1. The maximum Gasteiger partial charge on any atom is 0.160 e. The minimum atomic E-state index is 0.708. The molecule has 0 saturated carbocycles. The van der Waals surface area contributed by atoms with Crippen molar-refractivity contribution >= 4 is 43.4 Å². The molecule has 58 heavy (non-hydrogen) atoms. The molecule has 11 aromatic rings. The first-order valence-corrected chi connectivity index (χ1v) is 19.5. The van der Waals surface area contributed by atoms with Gasteiger partial charge in [-0.25, -0.2) is 19.9 Å². The summed E-state index contributed by atoms with van der Waals surface area (Å²) in [6, 6.07) is 72.1. The van der Waals surface area contributed by atoms with E-state index in [0.29, 0.717) is 5.82 Å². The summed E-state index contributed by atoms with van der Waals surface area (Å²) in [4.78, 5) is 20.7. The van der Waals surface area contributed by atoms with Gasteiger partial charge in [-0.3, -0.25) is 0 Å². The van der Waals surface area contributed by atoms with E-state index in [1.165, 1.54) is 10.8 Å². The first-order chi connectivity index (χ1) is 28.7. The standard InChI is InChI=1S/C54H34N4/c1-3-12-38(13-4-1)49-34-50(58-54(57-49)42-14-5-2-6-15-42)39-24-19-36(20-25-39)37-21-26-40(27-22-37)53-51-46(45-17-9-10-18-48(45)56-53)31-29-41-30-32-47(55-52(41)51)44-28-23-35-11-7-8-16-43(35)33-44/h1-34H. The van der Waals surface area contributed by atoms with Crippen LogP contribution < -0.4 is 0 Å². The van der Waals surface area contributed by atoms with E-state index < -0.39 is 0 Å². The minimum absolute atomic E-state index is 0.708. The third kappa shape index (κ3) is 6.05. The summed E-state index contributed by atoms with van der Waals surface area (Å²) in [5, 5.41) is 6.83. The predicted molar refractivity (Wildman–Crippen MR) is 240 cm³/mol. The molecule has 0 amide bonds. The van der Waals surface area contributed by atoms with Gasteiger partial charge in [0.15, 0.2) is 5.82 Å². The van der Waals surface area contributed by atoms with E-state index in [1.807, 2.05) is 36.4 Å². The highest BCUT2D eigenvalue weighted by molar-refractivity contribution is 6.20. The van der Waals surface area contributed by atoms with Crippen molar-refractivity contribution in [2.75, 3.05) is 0 Å². The van der Waals surface area contributed by atoms with Crippen LogP contribution in [0.15, 0.2) is 206 Å². The first-order valence-electron chi connectivity index (χ1n) is 19.5. The molecule has 0 aliphatic heterocycles. The van der Waals surface area contributed by atoms with E-state index in [0.717, 1.165) is 94.3 Å². The summed E-state index contributed by atoms with van der Waals surface area (Å²) in [5.41, 5.74) is 13.0. The molecule has 0 atom stereocenters. The van der Waals surface area contributed by atoms with E-state index in [-0.39, 0.29) is 0 Å². The molecule has 4 heteroatoms. The summed E-state index contributed by atoms with van der Waals surface area (Å²) in [7, 11) is 0. The number of fused-ring (bicyclic) bond motifs is 6. The quantitative estimate of drug-likeness (QED) is 0.159. The number of nitrogens with zero attached hydrogens (tertiary/aromatic N) is 4. The lowest BCUT2D eigenvalue weighted by molar-refractivity contribution is 1.18. The maximum atomic E-state index is 5.37. The fourth-order valence-electron chi connectivity index (χ4n) is 8.07. The monoisotopic (exact) mass is 738 g/mol. The molecule has 0 bridgehead atoms. The zero-order chi connectivity index (χ0) is 38.4. The first kappa shape index (κ1) is 33.5. The maximum absolute atomic E-state index is 5.37. The fourth-order valence-corrected chi connectivity index (χ4v) is 8.07. The number of benzene rings is 8. The molecule has 0 saturated heterocycles. The molecule has 0 unspecified atom stereocenters. The van der Waals surface area contributed by atoms with Gasteiger partial charge < -0.3 is 0 Å². The van der Waals surface area contributed by atoms with Crippen LogP contribution in [0.3, 0.4) is 0 Å². The molecule has 4 nitrogen and oxygen atoms in total. The van der Waals surface area contributed by atoms with E-state index in [9.17, 15) is 0 Å². The van der Waals surface area contributed by atoms with Gasteiger partial charge in [0, 0.05) is 44.0 Å². The van der Waals surface area contributed by atoms with Crippen molar-refractivity contribution in [3.05, 3.63) is 206 Å². The van der Waals surface area contributed by atoms with Gasteiger partial charge in [-0.1, -0.05) is 182 Å². The van der Waals surface area contributed by atoms with E-state index in [4.69, 9.17) is 19.9 Å². The van der Waals surface area contributed by atoms with Crippen LogP contribution in [0.5, 0.6) is 0 Å². The summed E-state index contributed by atoms with van der Waals surface area (Å²) in [6.45, 7) is 0. The normalized spacial score (nSPS) is 11.4. The van der Waals surface area contributed by atoms with Gasteiger partial charge in [0.1, 0.15) is 0 Å². The molecular weight excluding hydrogens is 705 g/mol. The Balaban J connectivity index is 0.982. The molecule has 0 radical (unpaired) electrons. The average Bonchev–Trinajstić information content (AvgIpc) is 3.31. The van der Waals surface area contributed by atoms with Gasteiger partial charge in [0.2, 0.25) is 0 Å². The molecule has 3 aromatic heterocycles. The van der Waals surface area contributed by atoms with Gasteiger partial charge in [0.25, 0.3) is 0 Å². The smallest absolute Gasteiger partial charge is 0.160 e. The van der Waals surface area contributed by atoms with Crippen molar-refractivity contribution in [2.45, 2.75) is 0 Å². The lowest BCUT2D eigenvalue weighted by Gasteiger charge is -2.14. The van der Waals surface area contributed by atoms with Crippen LogP contribution in [0.25, 0.3) is 111 Å². The Bertz CT molecular complexity index is 3250.